The van der Waals surface area contributed by atoms with Gasteiger partial charge in [-0.05, 0) is 36.8 Å². The summed E-state index contributed by atoms with van der Waals surface area (Å²) in [6.07, 6.45) is 0. The summed E-state index contributed by atoms with van der Waals surface area (Å²) in [7, 11) is 0. The first kappa shape index (κ1) is 12.6. The molecule has 0 amide bonds. The van der Waals surface area contributed by atoms with Gasteiger partial charge >= 0.3 is 0 Å². The van der Waals surface area contributed by atoms with Crippen LogP contribution in [0.3, 0.4) is 0 Å². The average molecular weight is 264 g/mol. The van der Waals surface area contributed by atoms with E-state index in [1.807, 2.05) is 61.5 Å². The van der Waals surface area contributed by atoms with E-state index in [0.717, 1.165) is 33.7 Å². The van der Waals surface area contributed by atoms with Crippen LogP contribution >= 0.6 is 0 Å². The van der Waals surface area contributed by atoms with Gasteiger partial charge in [0.05, 0.1) is 5.52 Å². The van der Waals surface area contributed by atoms with E-state index in [4.69, 9.17) is 10.5 Å². The third-order valence-corrected chi connectivity index (χ3v) is 3.19. The fourth-order valence-corrected chi connectivity index (χ4v) is 2.17. The summed E-state index contributed by atoms with van der Waals surface area (Å²) in [5.41, 5.74) is 8.58. The molecule has 0 aliphatic carbocycles. The standard InChI is InChI=1S/C17H16N2O/c1-12-10-17(15-4-2-3-5-16(15)19-12)20-14-8-6-13(11-18)7-9-14/h2-10H,11,18H2,1H3. The van der Waals surface area contributed by atoms with E-state index >= 15 is 0 Å². The number of hydrogen-bond acceptors (Lipinski definition) is 3. The molecule has 0 radical (unpaired) electrons. The van der Waals surface area contributed by atoms with Crippen molar-refractivity contribution < 1.29 is 4.74 Å². The van der Waals surface area contributed by atoms with Gasteiger partial charge in [0.2, 0.25) is 0 Å². The smallest absolute Gasteiger partial charge is 0.138 e. The zero-order valence-electron chi connectivity index (χ0n) is 11.3. The molecule has 0 atom stereocenters. The average Bonchev–Trinajstić information content (AvgIpc) is 2.48. The van der Waals surface area contributed by atoms with Crippen LogP contribution in [0.25, 0.3) is 10.9 Å². The summed E-state index contributed by atoms with van der Waals surface area (Å²) < 4.78 is 5.99. The Balaban J connectivity index is 2.01. The van der Waals surface area contributed by atoms with Crippen LogP contribution in [-0.2, 0) is 6.54 Å². The molecule has 3 rings (SSSR count). The third-order valence-electron chi connectivity index (χ3n) is 3.19. The van der Waals surface area contributed by atoms with Gasteiger partial charge in [0, 0.05) is 23.7 Å². The van der Waals surface area contributed by atoms with Crippen molar-refractivity contribution in [1.82, 2.24) is 4.98 Å². The van der Waals surface area contributed by atoms with Gasteiger partial charge in [-0.25, -0.2) is 0 Å². The zero-order chi connectivity index (χ0) is 13.9. The first-order chi connectivity index (χ1) is 9.76. The molecule has 1 aromatic heterocycles. The van der Waals surface area contributed by atoms with Crippen LogP contribution in [-0.4, -0.2) is 4.98 Å². The summed E-state index contributed by atoms with van der Waals surface area (Å²) in [5.74, 6) is 1.63. The minimum atomic E-state index is 0.539. The molecule has 2 aromatic carbocycles. The topological polar surface area (TPSA) is 48.1 Å². The van der Waals surface area contributed by atoms with Crippen molar-refractivity contribution in [3.8, 4) is 11.5 Å². The maximum atomic E-state index is 5.99. The molecule has 3 aromatic rings. The highest BCUT2D eigenvalue weighted by atomic mass is 16.5. The highest BCUT2D eigenvalue weighted by Gasteiger charge is 2.05. The van der Waals surface area contributed by atoms with Crippen molar-refractivity contribution in [1.29, 1.82) is 0 Å². The van der Waals surface area contributed by atoms with Crippen molar-refractivity contribution in [2.45, 2.75) is 13.5 Å². The Morgan fingerprint density at radius 2 is 1.80 bits per heavy atom. The number of rotatable bonds is 3. The summed E-state index contributed by atoms with van der Waals surface area (Å²) in [6.45, 7) is 2.51. The second-order valence-electron chi connectivity index (χ2n) is 4.73. The number of nitrogens with two attached hydrogens (primary N) is 1. The lowest BCUT2D eigenvalue weighted by atomic mass is 10.2. The number of hydrogen-bond donors (Lipinski definition) is 1. The lowest BCUT2D eigenvalue weighted by Crippen LogP contribution is -1.95. The van der Waals surface area contributed by atoms with Gasteiger partial charge in [0.15, 0.2) is 0 Å². The molecular formula is C17H16N2O. The largest absolute Gasteiger partial charge is 0.457 e. The van der Waals surface area contributed by atoms with Gasteiger partial charge in [-0.2, -0.15) is 0 Å². The van der Waals surface area contributed by atoms with E-state index in [1.165, 1.54) is 0 Å². The summed E-state index contributed by atoms with van der Waals surface area (Å²) >= 11 is 0. The molecular weight excluding hydrogens is 248 g/mol. The van der Waals surface area contributed by atoms with Crippen LogP contribution in [0.2, 0.25) is 0 Å². The molecule has 0 bridgehead atoms. The van der Waals surface area contributed by atoms with E-state index in [2.05, 4.69) is 4.98 Å². The number of ether oxygens (including phenoxy) is 1. The molecule has 0 unspecified atom stereocenters. The predicted molar refractivity (Wildman–Crippen MR) is 80.9 cm³/mol. The highest BCUT2D eigenvalue weighted by molar-refractivity contribution is 5.85. The number of para-hydroxylation sites is 1. The Bertz CT molecular complexity index is 736. The van der Waals surface area contributed by atoms with Crippen molar-refractivity contribution in [2.24, 2.45) is 5.73 Å². The van der Waals surface area contributed by atoms with Gasteiger partial charge in [-0.15, -0.1) is 0 Å². The Kier molecular flexibility index (Phi) is 3.35. The minimum Gasteiger partial charge on any atom is -0.457 e. The summed E-state index contributed by atoms with van der Waals surface area (Å²) in [5, 5.41) is 1.01. The van der Waals surface area contributed by atoms with Gasteiger partial charge < -0.3 is 10.5 Å². The number of nitrogens with zero attached hydrogens (tertiary/aromatic N) is 1. The molecule has 0 aliphatic rings. The van der Waals surface area contributed by atoms with Crippen molar-refractivity contribution in [2.75, 3.05) is 0 Å². The Morgan fingerprint density at radius 3 is 2.55 bits per heavy atom. The molecule has 0 aliphatic heterocycles. The Morgan fingerprint density at radius 1 is 1.05 bits per heavy atom. The Hall–Kier alpha value is -2.39. The van der Waals surface area contributed by atoms with E-state index in [9.17, 15) is 0 Å². The number of aromatic nitrogens is 1. The van der Waals surface area contributed by atoms with Crippen LogP contribution in [0, 0.1) is 6.92 Å². The third kappa shape index (κ3) is 2.49. The van der Waals surface area contributed by atoms with E-state index in [0.29, 0.717) is 6.54 Å². The van der Waals surface area contributed by atoms with E-state index < -0.39 is 0 Å². The minimum absolute atomic E-state index is 0.539. The second kappa shape index (κ2) is 5.31. The first-order valence-electron chi connectivity index (χ1n) is 6.59. The highest BCUT2D eigenvalue weighted by Crippen LogP contribution is 2.29. The lowest BCUT2D eigenvalue weighted by molar-refractivity contribution is 0.487. The van der Waals surface area contributed by atoms with Crippen LogP contribution in [0.4, 0.5) is 0 Å². The van der Waals surface area contributed by atoms with Crippen LogP contribution in [0.15, 0.2) is 54.6 Å². The molecule has 100 valence electrons. The number of pyridine rings is 1. The number of benzene rings is 2. The van der Waals surface area contributed by atoms with Gasteiger partial charge in [0.1, 0.15) is 11.5 Å². The molecule has 2 N–H and O–H groups in total. The molecule has 0 saturated carbocycles. The number of fused-ring (bicyclic) bond motifs is 1. The first-order valence-corrected chi connectivity index (χ1v) is 6.59. The molecule has 3 nitrogen and oxygen atoms in total. The SMILES string of the molecule is Cc1cc(Oc2ccc(CN)cc2)c2ccccc2n1. The van der Waals surface area contributed by atoms with Gasteiger partial charge in [-0.3, -0.25) is 4.98 Å². The fourth-order valence-electron chi connectivity index (χ4n) is 2.17. The Labute approximate surface area is 118 Å². The zero-order valence-corrected chi connectivity index (χ0v) is 11.3. The van der Waals surface area contributed by atoms with Crippen LogP contribution in [0.1, 0.15) is 11.3 Å². The molecule has 20 heavy (non-hydrogen) atoms. The summed E-state index contributed by atoms with van der Waals surface area (Å²) in [6, 6.07) is 17.8. The fraction of sp³-hybridized carbons (Fsp3) is 0.118. The molecule has 0 saturated heterocycles. The quantitative estimate of drug-likeness (QED) is 0.782. The van der Waals surface area contributed by atoms with Gasteiger partial charge in [0.25, 0.3) is 0 Å². The maximum absolute atomic E-state index is 5.99. The van der Waals surface area contributed by atoms with Gasteiger partial charge in [-0.1, -0.05) is 24.3 Å². The van der Waals surface area contributed by atoms with Crippen molar-refractivity contribution in [3.05, 3.63) is 65.9 Å². The van der Waals surface area contributed by atoms with E-state index in [1.54, 1.807) is 0 Å². The van der Waals surface area contributed by atoms with E-state index in [-0.39, 0.29) is 0 Å². The van der Waals surface area contributed by atoms with Crippen molar-refractivity contribution in [3.63, 3.8) is 0 Å². The lowest BCUT2D eigenvalue weighted by Gasteiger charge is -2.10. The predicted octanol–water partition coefficient (Wildman–Crippen LogP) is 3.79. The molecule has 3 heteroatoms. The maximum Gasteiger partial charge on any atom is 0.138 e. The number of aryl methyl sites for hydroxylation is 1. The normalized spacial score (nSPS) is 10.7. The van der Waals surface area contributed by atoms with Crippen LogP contribution in [0.5, 0.6) is 11.5 Å². The molecule has 0 spiro atoms. The summed E-state index contributed by atoms with van der Waals surface area (Å²) in [4.78, 5) is 4.51. The monoisotopic (exact) mass is 264 g/mol. The molecule has 0 fully saturated rings. The second-order valence-corrected chi connectivity index (χ2v) is 4.73. The van der Waals surface area contributed by atoms with Crippen LogP contribution < -0.4 is 10.5 Å². The van der Waals surface area contributed by atoms with Crippen molar-refractivity contribution >= 4 is 10.9 Å². The molecule has 1 heterocycles.